The van der Waals surface area contributed by atoms with Crippen LogP contribution in [0.5, 0.6) is 0 Å². The molecule has 2 aliphatic heterocycles. The van der Waals surface area contributed by atoms with E-state index < -0.39 is 0 Å². The number of fused-ring (bicyclic) bond motifs is 1. The number of carbonyl (C=O) groups excluding carboxylic acids is 1. The van der Waals surface area contributed by atoms with Crippen LogP contribution < -0.4 is 9.80 Å². The number of piperazine rings is 1. The maximum atomic E-state index is 13.4. The van der Waals surface area contributed by atoms with Crippen molar-refractivity contribution in [3.63, 3.8) is 0 Å². The van der Waals surface area contributed by atoms with Crippen LogP contribution in [0.4, 0.5) is 15.9 Å². The fraction of sp³-hybridized carbons (Fsp3) is 0.458. The van der Waals surface area contributed by atoms with Gasteiger partial charge in [0.05, 0.1) is 10.3 Å². The van der Waals surface area contributed by atoms with Gasteiger partial charge in [0.1, 0.15) is 22.8 Å². The zero-order chi connectivity index (χ0) is 22.2. The van der Waals surface area contributed by atoms with E-state index in [0.29, 0.717) is 19.1 Å². The average molecular weight is 454 g/mol. The molecule has 1 amide bonds. The molecule has 0 unspecified atom stereocenters. The number of benzene rings is 1. The minimum Gasteiger partial charge on any atom is -0.368 e. The Morgan fingerprint density at radius 1 is 1.06 bits per heavy atom. The van der Waals surface area contributed by atoms with Crippen molar-refractivity contribution in [3.8, 4) is 0 Å². The number of nitrogens with zero attached hydrogens (tertiary/aromatic N) is 5. The zero-order valence-electron chi connectivity index (χ0n) is 18.6. The van der Waals surface area contributed by atoms with Crippen molar-refractivity contribution in [1.29, 1.82) is 0 Å². The molecule has 4 heterocycles. The first-order valence-electron chi connectivity index (χ1n) is 11.3. The van der Waals surface area contributed by atoms with Gasteiger partial charge in [-0.3, -0.25) is 4.79 Å². The number of rotatable bonds is 3. The number of halogens is 1. The molecule has 168 valence electrons. The van der Waals surface area contributed by atoms with Gasteiger partial charge in [0.15, 0.2) is 0 Å². The quantitative estimate of drug-likeness (QED) is 0.585. The van der Waals surface area contributed by atoms with Crippen molar-refractivity contribution in [2.24, 2.45) is 0 Å². The van der Waals surface area contributed by atoms with Crippen LogP contribution in [0, 0.1) is 12.7 Å². The summed E-state index contributed by atoms with van der Waals surface area (Å²) >= 11 is 1.48. The molecule has 0 saturated carbocycles. The van der Waals surface area contributed by atoms with Crippen LogP contribution in [0.15, 0.2) is 30.6 Å². The Balaban J connectivity index is 1.37. The highest BCUT2D eigenvalue weighted by molar-refractivity contribution is 7.20. The molecule has 32 heavy (non-hydrogen) atoms. The van der Waals surface area contributed by atoms with Gasteiger partial charge in [-0.2, -0.15) is 0 Å². The molecule has 5 rings (SSSR count). The van der Waals surface area contributed by atoms with Crippen LogP contribution in [-0.4, -0.2) is 59.5 Å². The Hall–Kier alpha value is -2.74. The molecule has 2 fully saturated rings. The molecule has 1 aromatic carbocycles. The minimum atomic E-state index is -0.232. The summed E-state index contributed by atoms with van der Waals surface area (Å²) in [6.45, 7) is 8.04. The van der Waals surface area contributed by atoms with Crippen LogP contribution in [0.25, 0.3) is 10.2 Å². The highest BCUT2D eigenvalue weighted by Gasteiger charge is 2.29. The smallest absolute Gasteiger partial charge is 0.264 e. The number of aryl methyl sites for hydroxylation is 1. The summed E-state index contributed by atoms with van der Waals surface area (Å²) in [5.74, 6) is 0.808. The van der Waals surface area contributed by atoms with Crippen LogP contribution in [-0.2, 0) is 0 Å². The lowest BCUT2D eigenvalue weighted by Gasteiger charge is -2.36. The molecule has 6 nitrogen and oxygen atoms in total. The first kappa shape index (κ1) is 21.1. The van der Waals surface area contributed by atoms with Gasteiger partial charge in [0.25, 0.3) is 5.91 Å². The maximum Gasteiger partial charge on any atom is 0.264 e. The highest BCUT2D eigenvalue weighted by Crippen LogP contribution is 2.37. The number of aromatic nitrogens is 2. The Morgan fingerprint density at radius 3 is 2.53 bits per heavy atom. The van der Waals surface area contributed by atoms with Crippen molar-refractivity contribution in [2.75, 3.05) is 42.5 Å². The summed E-state index contributed by atoms with van der Waals surface area (Å²) in [6.07, 6.45) is 5.22. The number of anilines is 2. The Labute approximate surface area is 191 Å². The third-order valence-electron chi connectivity index (χ3n) is 6.73. The second-order valence-corrected chi connectivity index (χ2v) is 9.73. The van der Waals surface area contributed by atoms with E-state index in [4.69, 9.17) is 0 Å². The fourth-order valence-electron chi connectivity index (χ4n) is 4.85. The summed E-state index contributed by atoms with van der Waals surface area (Å²) in [6, 6.07) is 7.00. The number of thiophene rings is 1. The molecule has 2 saturated heterocycles. The Morgan fingerprint density at radius 2 is 1.81 bits per heavy atom. The molecular weight excluding hydrogens is 425 g/mol. The Kier molecular flexibility index (Phi) is 5.71. The van der Waals surface area contributed by atoms with E-state index in [-0.39, 0.29) is 11.7 Å². The van der Waals surface area contributed by atoms with Crippen molar-refractivity contribution < 1.29 is 9.18 Å². The lowest BCUT2D eigenvalue weighted by atomic mass is 10.0. The molecule has 0 N–H and O–H groups in total. The highest BCUT2D eigenvalue weighted by atomic mass is 32.1. The predicted octanol–water partition coefficient (Wildman–Crippen LogP) is 4.48. The molecule has 2 aromatic heterocycles. The predicted molar refractivity (Wildman–Crippen MR) is 127 cm³/mol. The second kappa shape index (κ2) is 8.65. The number of hydrogen-bond acceptors (Lipinski definition) is 6. The molecule has 0 bridgehead atoms. The van der Waals surface area contributed by atoms with E-state index in [0.717, 1.165) is 51.8 Å². The van der Waals surface area contributed by atoms with Gasteiger partial charge in [-0.15, -0.1) is 11.3 Å². The normalized spacial score (nSPS) is 19.6. The van der Waals surface area contributed by atoms with E-state index >= 15 is 0 Å². The van der Waals surface area contributed by atoms with E-state index in [1.165, 1.54) is 42.7 Å². The van der Waals surface area contributed by atoms with Gasteiger partial charge in [-0.1, -0.05) is 0 Å². The van der Waals surface area contributed by atoms with Crippen molar-refractivity contribution in [3.05, 3.63) is 46.9 Å². The zero-order valence-corrected chi connectivity index (χ0v) is 19.4. The molecule has 0 spiro atoms. The maximum absolute atomic E-state index is 13.4. The average Bonchev–Trinajstić information content (AvgIpc) is 3.16. The van der Waals surface area contributed by atoms with E-state index in [9.17, 15) is 9.18 Å². The van der Waals surface area contributed by atoms with Gasteiger partial charge in [0, 0.05) is 44.5 Å². The van der Waals surface area contributed by atoms with E-state index in [2.05, 4.69) is 26.7 Å². The molecule has 0 aliphatic carbocycles. The van der Waals surface area contributed by atoms with Crippen molar-refractivity contribution >= 4 is 39.0 Å². The summed E-state index contributed by atoms with van der Waals surface area (Å²) in [5.41, 5.74) is 1.98. The molecule has 0 radical (unpaired) electrons. The van der Waals surface area contributed by atoms with Gasteiger partial charge in [-0.25, -0.2) is 14.4 Å². The van der Waals surface area contributed by atoms with Crippen LogP contribution in [0.3, 0.4) is 0 Å². The third-order valence-corrected chi connectivity index (χ3v) is 7.92. The second-order valence-electron chi connectivity index (χ2n) is 8.73. The SMILES string of the molecule is Cc1c(C(=O)N2CCN(c3ccc(F)cc3)CC2)sc2ncnc(N3CCCC[C@H]3C)c12. The molecule has 2 aliphatic rings. The fourth-order valence-corrected chi connectivity index (χ4v) is 5.96. The summed E-state index contributed by atoms with van der Waals surface area (Å²) in [7, 11) is 0. The van der Waals surface area contributed by atoms with Crippen molar-refractivity contribution in [2.45, 2.75) is 39.2 Å². The standard InChI is InChI=1S/C24H28FN5OS/c1-16-5-3-4-10-30(16)22-20-17(2)21(32-23(20)27-15-26-22)24(31)29-13-11-28(12-14-29)19-8-6-18(25)7-9-19/h6-9,15-16H,3-5,10-14H2,1-2H3/t16-/m1/s1. The van der Waals surface area contributed by atoms with Gasteiger partial charge >= 0.3 is 0 Å². The first-order valence-corrected chi connectivity index (χ1v) is 12.1. The number of carbonyl (C=O) groups is 1. The molecule has 1 atom stereocenters. The first-order chi connectivity index (χ1) is 15.5. The summed E-state index contributed by atoms with van der Waals surface area (Å²) in [4.78, 5) is 30.7. The summed E-state index contributed by atoms with van der Waals surface area (Å²) in [5, 5.41) is 1.03. The van der Waals surface area contributed by atoms with Crippen molar-refractivity contribution in [1.82, 2.24) is 14.9 Å². The van der Waals surface area contributed by atoms with E-state index in [1.54, 1.807) is 18.5 Å². The number of amides is 1. The van der Waals surface area contributed by atoms with Crippen LogP contribution in [0.2, 0.25) is 0 Å². The van der Waals surface area contributed by atoms with Crippen LogP contribution >= 0.6 is 11.3 Å². The third kappa shape index (κ3) is 3.81. The summed E-state index contributed by atoms with van der Waals surface area (Å²) < 4.78 is 13.2. The van der Waals surface area contributed by atoms with Gasteiger partial charge in [0.2, 0.25) is 0 Å². The largest absolute Gasteiger partial charge is 0.368 e. The Bertz CT molecular complexity index is 1120. The molecular formula is C24H28FN5OS. The lowest BCUT2D eigenvalue weighted by Crippen LogP contribution is -2.48. The van der Waals surface area contributed by atoms with Gasteiger partial charge in [-0.05, 0) is 62.9 Å². The monoisotopic (exact) mass is 453 g/mol. The topological polar surface area (TPSA) is 52.6 Å². The van der Waals surface area contributed by atoms with E-state index in [1.807, 2.05) is 11.8 Å². The van der Waals surface area contributed by atoms with Gasteiger partial charge < -0.3 is 14.7 Å². The van der Waals surface area contributed by atoms with Crippen LogP contribution in [0.1, 0.15) is 41.4 Å². The molecule has 8 heteroatoms. The number of hydrogen-bond donors (Lipinski definition) is 0. The minimum absolute atomic E-state index is 0.0712. The number of piperidine rings is 1. The molecule has 3 aromatic rings. The lowest BCUT2D eigenvalue weighted by molar-refractivity contribution is 0.0751.